The van der Waals surface area contributed by atoms with Crippen molar-refractivity contribution in [3.8, 4) is 11.5 Å². The van der Waals surface area contributed by atoms with E-state index in [1.807, 2.05) is 41.3 Å². The van der Waals surface area contributed by atoms with Gasteiger partial charge in [-0.1, -0.05) is 30.4 Å². The number of benzene rings is 2. The maximum absolute atomic E-state index is 14.2. The number of hydrogen-bond donors (Lipinski definition) is 2. The molecule has 1 aliphatic carbocycles. The Morgan fingerprint density at radius 1 is 1.07 bits per heavy atom. The van der Waals surface area contributed by atoms with Crippen molar-refractivity contribution < 1.29 is 28.6 Å². The van der Waals surface area contributed by atoms with Crippen LogP contribution in [0, 0.1) is 5.92 Å². The van der Waals surface area contributed by atoms with Crippen LogP contribution in [0.5, 0.6) is 11.5 Å². The number of amides is 2. The summed E-state index contributed by atoms with van der Waals surface area (Å²) in [6, 6.07) is 13.1. The van der Waals surface area contributed by atoms with Crippen LogP contribution in [0.2, 0.25) is 0 Å². The third-order valence-electron chi connectivity index (χ3n) is 7.93. The lowest BCUT2D eigenvalue weighted by molar-refractivity contribution is -0.142. The molecule has 3 unspecified atom stereocenters. The van der Waals surface area contributed by atoms with Gasteiger partial charge in [-0.25, -0.2) is 0 Å². The molecule has 0 saturated heterocycles. The molecule has 0 fully saturated rings. The maximum atomic E-state index is 14.2. The van der Waals surface area contributed by atoms with Crippen molar-refractivity contribution in [1.29, 1.82) is 0 Å². The molecule has 7 rings (SSSR count). The first-order valence-corrected chi connectivity index (χ1v) is 14.3. The second-order valence-corrected chi connectivity index (χ2v) is 11.4. The zero-order valence-electron chi connectivity index (χ0n) is 22.2. The molecule has 2 aromatic carbocycles. The van der Waals surface area contributed by atoms with E-state index in [1.54, 1.807) is 6.07 Å². The summed E-state index contributed by atoms with van der Waals surface area (Å²) in [6.45, 7) is 0.771. The number of anilines is 1. The van der Waals surface area contributed by atoms with Gasteiger partial charge >= 0.3 is 5.97 Å². The summed E-state index contributed by atoms with van der Waals surface area (Å²) >= 11 is 1.42. The van der Waals surface area contributed by atoms with E-state index in [4.69, 9.17) is 9.47 Å². The third-order valence-corrected chi connectivity index (χ3v) is 9.03. The molecule has 3 aromatic rings. The van der Waals surface area contributed by atoms with E-state index < -0.39 is 11.9 Å². The summed E-state index contributed by atoms with van der Waals surface area (Å²) < 4.78 is 16.7. The Labute approximate surface area is 240 Å². The Bertz CT molecular complexity index is 1690. The number of carbonyl (C=O) groups excluding carboxylic acids is 3. The van der Waals surface area contributed by atoms with Crippen molar-refractivity contribution in [2.24, 2.45) is 5.92 Å². The molecule has 10 heteroatoms. The highest BCUT2D eigenvalue weighted by atomic mass is 32.1. The van der Waals surface area contributed by atoms with Gasteiger partial charge in [0.2, 0.25) is 12.7 Å². The Hall–Kier alpha value is -4.57. The van der Waals surface area contributed by atoms with Crippen LogP contribution in [0.25, 0.3) is 10.1 Å². The molecule has 2 N–H and O–H groups in total. The minimum Gasteiger partial charge on any atom is -0.469 e. The van der Waals surface area contributed by atoms with Crippen molar-refractivity contribution in [3.05, 3.63) is 88.5 Å². The van der Waals surface area contributed by atoms with E-state index in [-0.39, 0.29) is 37.1 Å². The lowest BCUT2D eigenvalue weighted by atomic mass is 9.85. The van der Waals surface area contributed by atoms with Gasteiger partial charge in [-0.05, 0) is 59.3 Å². The molecule has 4 aliphatic rings. The highest BCUT2D eigenvalue weighted by Crippen LogP contribution is 2.46. The highest BCUT2D eigenvalue weighted by Gasteiger charge is 2.43. The Morgan fingerprint density at radius 3 is 2.80 bits per heavy atom. The topological polar surface area (TPSA) is 106 Å². The molecule has 0 bridgehead atoms. The van der Waals surface area contributed by atoms with Crippen LogP contribution in [0.15, 0.2) is 78.0 Å². The molecule has 9 nitrogen and oxygen atoms in total. The molecular weight excluding hydrogens is 542 g/mol. The van der Waals surface area contributed by atoms with Gasteiger partial charge in [-0.15, -0.1) is 11.3 Å². The number of thiophene rings is 1. The number of esters is 1. The number of methoxy groups -OCH3 is 1. The van der Waals surface area contributed by atoms with Gasteiger partial charge in [-0.2, -0.15) is 0 Å². The molecular formula is C31H27N3O6S. The number of nitrogens with one attached hydrogen (secondary N) is 2. The van der Waals surface area contributed by atoms with Crippen LogP contribution in [0.3, 0.4) is 0 Å². The quantitative estimate of drug-likeness (QED) is 0.339. The lowest BCUT2D eigenvalue weighted by Crippen LogP contribution is -2.41. The van der Waals surface area contributed by atoms with E-state index >= 15 is 0 Å². The number of allylic oxidation sites excluding steroid dienone is 2. The van der Waals surface area contributed by atoms with Crippen LogP contribution >= 0.6 is 11.3 Å². The van der Waals surface area contributed by atoms with E-state index in [9.17, 15) is 14.4 Å². The molecule has 0 radical (unpaired) electrons. The average Bonchev–Trinajstić information content (AvgIpc) is 3.72. The molecule has 208 valence electrons. The van der Waals surface area contributed by atoms with Gasteiger partial charge < -0.3 is 29.7 Å². The maximum Gasteiger partial charge on any atom is 0.315 e. The summed E-state index contributed by atoms with van der Waals surface area (Å²) in [6.07, 6.45) is 9.00. The molecule has 41 heavy (non-hydrogen) atoms. The molecule has 3 atom stereocenters. The number of ether oxygens (including phenoxy) is 3. The first-order valence-electron chi connectivity index (χ1n) is 13.4. The first kappa shape index (κ1) is 25.4. The standard InChI is InChI=1S/C31H27N3O6S/c1-38-28(36)15-27(35)32-19-7-9-25-18(12-19)14-26(41-25)31(37)34-11-10-21-20-4-2-3-5-22(20)33-29(21)30(34)17-6-8-23-24(13-17)40-16-39-23/h2-9,12-14,20,22,30,33H,10-11,15-16H2,1H3,(H,32,35). The lowest BCUT2D eigenvalue weighted by Gasteiger charge is -2.37. The van der Waals surface area contributed by atoms with Crippen molar-refractivity contribution >= 4 is 44.9 Å². The number of nitrogens with zero attached hydrogens (tertiary/aromatic N) is 1. The number of rotatable bonds is 5. The highest BCUT2D eigenvalue weighted by molar-refractivity contribution is 7.20. The first-order chi connectivity index (χ1) is 20.0. The molecule has 3 aliphatic heterocycles. The smallest absolute Gasteiger partial charge is 0.315 e. The predicted molar refractivity (Wildman–Crippen MR) is 154 cm³/mol. The van der Waals surface area contributed by atoms with E-state index in [0.29, 0.717) is 28.6 Å². The van der Waals surface area contributed by atoms with Crippen LogP contribution in [-0.2, 0) is 14.3 Å². The zero-order valence-corrected chi connectivity index (χ0v) is 23.0. The monoisotopic (exact) mass is 569 g/mol. The second kappa shape index (κ2) is 10.1. The summed E-state index contributed by atoms with van der Waals surface area (Å²) in [5.74, 6) is 0.546. The fourth-order valence-corrected chi connectivity index (χ4v) is 7.04. The minimum atomic E-state index is -0.605. The minimum absolute atomic E-state index is 0.0561. The largest absolute Gasteiger partial charge is 0.469 e. The zero-order chi connectivity index (χ0) is 28.1. The van der Waals surface area contributed by atoms with E-state index in [1.165, 1.54) is 24.0 Å². The summed E-state index contributed by atoms with van der Waals surface area (Å²) in [4.78, 5) is 40.3. The van der Waals surface area contributed by atoms with Crippen molar-refractivity contribution in [3.63, 3.8) is 0 Å². The van der Waals surface area contributed by atoms with Gasteiger partial charge in [0.25, 0.3) is 5.91 Å². The Morgan fingerprint density at radius 2 is 1.93 bits per heavy atom. The molecule has 2 amide bonds. The predicted octanol–water partition coefficient (Wildman–Crippen LogP) is 4.69. The van der Waals surface area contributed by atoms with E-state index in [0.717, 1.165) is 27.8 Å². The number of carbonyl (C=O) groups is 3. The molecule has 0 spiro atoms. The van der Waals surface area contributed by atoms with Gasteiger partial charge in [-0.3, -0.25) is 14.4 Å². The summed E-state index contributed by atoms with van der Waals surface area (Å²) in [5.41, 5.74) is 3.93. The van der Waals surface area contributed by atoms with Gasteiger partial charge in [0.05, 0.1) is 24.1 Å². The molecule has 4 heterocycles. The summed E-state index contributed by atoms with van der Waals surface area (Å²) in [7, 11) is 1.24. The van der Waals surface area contributed by atoms with Crippen molar-refractivity contribution in [2.75, 3.05) is 25.8 Å². The van der Waals surface area contributed by atoms with Gasteiger partial charge in [0.15, 0.2) is 11.5 Å². The Balaban J connectivity index is 1.21. The van der Waals surface area contributed by atoms with Crippen LogP contribution in [0.1, 0.15) is 34.1 Å². The third kappa shape index (κ3) is 4.54. The number of fused-ring (bicyclic) bond motifs is 4. The fourth-order valence-electron chi connectivity index (χ4n) is 6.04. The SMILES string of the molecule is COC(=O)CC(=O)Nc1ccc2sc(C(=O)N3CCC4=C(NC5C=CC=CC45)C3c3ccc4c(c3)OCO4)cc2c1. The van der Waals surface area contributed by atoms with Crippen molar-refractivity contribution in [2.45, 2.75) is 24.9 Å². The number of hydrogen-bond acceptors (Lipinski definition) is 8. The van der Waals surface area contributed by atoms with Gasteiger partial charge in [0, 0.05) is 28.5 Å². The van der Waals surface area contributed by atoms with Crippen LogP contribution < -0.4 is 20.1 Å². The Kier molecular flexibility index (Phi) is 6.27. The second-order valence-electron chi connectivity index (χ2n) is 10.3. The van der Waals surface area contributed by atoms with Gasteiger partial charge in [0.1, 0.15) is 6.42 Å². The van der Waals surface area contributed by atoms with Crippen molar-refractivity contribution in [1.82, 2.24) is 10.2 Å². The average molecular weight is 570 g/mol. The van der Waals surface area contributed by atoms with Crippen LogP contribution in [0.4, 0.5) is 5.69 Å². The molecule has 0 saturated carbocycles. The fraction of sp³-hybridized carbons (Fsp3) is 0.258. The van der Waals surface area contributed by atoms with Crippen LogP contribution in [-0.4, -0.2) is 49.2 Å². The molecule has 1 aromatic heterocycles. The van der Waals surface area contributed by atoms with E-state index in [2.05, 4.69) is 39.7 Å². The summed E-state index contributed by atoms with van der Waals surface area (Å²) in [5, 5.41) is 7.28. The normalized spacial score (nSPS) is 21.9.